The molecule has 1 aliphatic rings. The average molecular weight is 356 g/mol. The Labute approximate surface area is 111 Å². The normalized spacial score (nSPS) is 20.5. The average Bonchev–Trinajstić information content (AvgIpc) is 2.54. The first-order chi connectivity index (χ1) is 7.61. The molecule has 90 valence electrons. The summed E-state index contributed by atoms with van der Waals surface area (Å²) in [5.41, 5.74) is 0.0989. The summed E-state index contributed by atoms with van der Waals surface area (Å²) in [6.45, 7) is 2.05. The molecule has 0 amide bonds. The molecule has 5 heteroatoms. The summed E-state index contributed by atoms with van der Waals surface area (Å²) in [5, 5.41) is 0. The summed E-state index contributed by atoms with van der Waals surface area (Å²) in [4.78, 5) is 12.9. The van der Waals surface area contributed by atoms with Gasteiger partial charge in [-0.1, -0.05) is 42.1 Å². The Kier molecular flexibility index (Phi) is 5.69. The van der Waals surface area contributed by atoms with Crippen LogP contribution in [0.1, 0.15) is 32.6 Å². The van der Waals surface area contributed by atoms with Crippen molar-refractivity contribution in [2.45, 2.75) is 38.8 Å². The molecule has 0 N–H and O–H groups in total. The van der Waals surface area contributed by atoms with E-state index in [4.69, 9.17) is 4.74 Å². The number of ether oxygens (including phenoxy) is 1. The molecule has 0 saturated carbocycles. The Morgan fingerprint density at radius 1 is 1.50 bits per heavy atom. The molecule has 0 bridgehead atoms. The van der Waals surface area contributed by atoms with Gasteiger partial charge < -0.3 is 4.74 Å². The predicted molar refractivity (Wildman–Crippen MR) is 68.1 cm³/mol. The Hall–Kier alpha value is -0.160. The maximum Gasteiger partial charge on any atom is 0.343 e. The number of hydrogen-bond acceptors (Lipinski definition) is 2. The van der Waals surface area contributed by atoms with Gasteiger partial charge in [0.25, 0.3) is 0 Å². The minimum absolute atomic E-state index is 0.0989. The van der Waals surface area contributed by atoms with Crippen molar-refractivity contribution in [3.63, 3.8) is 0 Å². The van der Waals surface area contributed by atoms with E-state index in [1.54, 1.807) is 0 Å². The van der Waals surface area contributed by atoms with Crippen LogP contribution in [-0.4, -0.2) is 12.1 Å². The summed E-state index contributed by atoms with van der Waals surface area (Å²) in [6.07, 6.45) is 1.90. The molecule has 1 atom stereocenters. The Balaban J connectivity index is 2.70. The smallest absolute Gasteiger partial charge is 0.343 e. The zero-order valence-corrected chi connectivity index (χ0v) is 12.1. The van der Waals surface area contributed by atoms with Crippen molar-refractivity contribution >= 4 is 37.8 Å². The SMILES string of the molecule is CCCCCC(F)C1=C(Br)/C(=C/Br)OC1=O. The molecule has 0 aromatic carbocycles. The van der Waals surface area contributed by atoms with Crippen molar-refractivity contribution in [2.75, 3.05) is 0 Å². The summed E-state index contributed by atoms with van der Waals surface area (Å²) >= 11 is 6.24. The van der Waals surface area contributed by atoms with Gasteiger partial charge in [-0.3, -0.25) is 0 Å². The number of carbonyl (C=O) groups is 1. The number of hydrogen-bond donors (Lipinski definition) is 0. The van der Waals surface area contributed by atoms with Crippen LogP contribution in [0.5, 0.6) is 0 Å². The van der Waals surface area contributed by atoms with Crippen LogP contribution in [0.25, 0.3) is 0 Å². The number of halogens is 3. The van der Waals surface area contributed by atoms with Crippen molar-refractivity contribution in [1.82, 2.24) is 0 Å². The van der Waals surface area contributed by atoms with Crippen LogP contribution in [0.15, 0.2) is 20.8 Å². The van der Waals surface area contributed by atoms with Crippen LogP contribution < -0.4 is 0 Å². The zero-order chi connectivity index (χ0) is 12.1. The maximum absolute atomic E-state index is 13.8. The van der Waals surface area contributed by atoms with Crippen LogP contribution in [0.3, 0.4) is 0 Å². The molecule has 1 unspecified atom stereocenters. The van der Waals surface area contributed by atoms with E-state index in [2.05, 4.69) is 38.8 Å². The van der Waals surface area contributed by atoms with Crippen molar-refractivity contribution in [2.24, 2.45) is 0 Å². The van der Waals surface area contributed by atoms with Crippen molar-refractivity contribution < 1.29 is 13.9 Å². The molecule has 2 nitrogen and oxygen atoms in total. The molecule has 0 aromatic rings. The van der Waals surface area contributed by atoms with Gasteiger partial charge in [-0.2, -0.15) is 0 Å². The fraction of sp³-hybridized carbons (Fsp3) is 0.545. The molecule has 1 heterocycles. The lowest BCUT2D eigenvalue weighted by molar-refractivity contribution is -0.133. The van der Waals surface area contributed by atoms with Gasteiger partial charge in [0, 0.05) is 4.99 Å². The second kappa shape index (κ2) is 6.55. The first-order valence-electron chi connectivity index (χ1n) is 5.18. The number of carbonyl (C=O) groups excluding carboxylic acids is 1. The molecule has 0 fully saturated rings. The number of allylic oxidation sites excluding steroid dienone is 1. The fourth-order valence-electron chi connectivity index (χ4n) is 1.48. The van der Waals surface area contributed by atoms with Gasteiger partial charge in [0.05, 0.1) is 10.1 Å². The van der Waals surface area contributed by atoms with E-state index < -0.39 is 12.1 Å². The minimum atomic E-state index is -1.25. The number of rotatable bonds is 5. The third-order valence-electron chi connectivity index (χ3n) is 2.35. The van der Waals surface area contributed by atoms with Gasteiger partial charge in [-0.25, -0.2) is 9.18 Å². The van der Waals surface area contributed by atoms with Crippen LogP contribution in [-0.2, 0) is 9.53 Å². The van der Waals surface area contributed by atoms with Gasteiger partial charge >= 0.3 is 5.97 Å². The van der Waals surface area contributed by atoms with E-state index in [1.165, 1.54) is 4.99 Å². The van der Waals surface area contributed by atoms with Crippen molar-refractivity contribution in [3.05, 3.63) is 20.8 Å². The van der Waals surface area contributed by atoms with E-state index in [-0.39, 0.29) is 5.57 Å². The van der Waals surface area contributed by atoms with E-state index in [9.17, 15) is 9.18 Å². The Bertz CT molecular complexity index is 337. The largest absolute Gasteiger partial charge is 0.421 e. The highest BCUT2D eigenvalue weighted by atomic mass is 79.9. The molecule has 1 aliphatic heterocycles. The fourth-order valence-corrected chi connectivity index (χ4v) is 2.71. The zero-order valence-electron chi connectivity index (χ0n) is 8.93. The number of unbranched alkanes of at least 4 members (excludes halogenated alkanes) is 2. The topological polar surface area (TPSA) is 26.3 Å². The van der Waals surface area contributed by atoms with Crippen LogP contribution in [0.2, 0.25) is 0 Å². The highest BCUT2D eigenvalue weighted by molar-refractivity contribution is 9.12. The van der Waals surface area contributed by atoms with Crippen molar-refractivity contribution in [1.29, 1.82) is 0 Å². The second-order valence-corrected chi connectivity index (χ2v) is 4.80. The predicted octanol–water partition coefficient (Wildman–Crippen LogP) is 4.35. The lowest BCUT2D eigenvalue weighted by Crippen LogP contribution is -2.12. The first kappa shape index (κ1) is 13.9. The van der Waals surface area contributed by atoms with Crippen LogP contribution in [0, 0.1) is 0 Å². The summed E-state index contributed by atoms with van der Waals surface area (Å²) in [5.74, 6) is -0.264. The van der Waals surface area contributed by atoms with Gasteiger partial charge in [0.2, 0.25) is 0 Å². The molecular formula is C11H13Br2FO2. The lowest BCUT2D eigenvalue weighted by atomic mass is 10.0. The summed E-state index contributed by atoms with van der Waals surface area (Å²) < 4.78 is 19.1. The number of cyclic esters (lactones) is 1. The molecule has 16 heavy (non-hydrogen) atoms. The van der Waals surface area contributed by atoms with Gasteiger partial charge in [0.15, 0.2) is 5.76 Å². The Morgan fingerprint density at radius 2 is 2.19 bits per heavy atom. The van der Waals surface area contributed by atoms with E-state index in [1.807, 2.05) is 0 Å². The van der Waals surface area contributed by atoms with E-state index in [0.717, 1.165) is 19.3 Å². The van der Waals surface area contributed by atoms with Gasteiger partial charge in [0.1, 0.15) is 6.17 Å². The third-order valence-corrected chi connectivity index (χ3v) is 3.58. The molecule has 0 radical (unpaired) electrons. The van der Waals surface area contributed by atoms with E-state index >= 15 is 0 Å². The van der Waals surface area contributed by atoms with Gasteiger partial charge in [-0.15, -0.1) is 0 Å². The highest BCUT2D eigenvalue weighted by Gasteiger charge is 2.33. The highest BCUT2D eigenvalue weighted by Crippen LogP contribution is 2.35. The second-order valence-electron chi connectivity index (χ2n) is 3.55. The monoisotopic (exact) mass is 354 g/mol. The molecular weight excluding hydrogens is 343 g/mol. The molecule has 1 rings (SSSR count). The quantitative estimate of drug-likeness (QED) is 0.541. The number of esters is 1. The van der Waals surface area contributed by atoms with E-state index in [0.29, 0.717) is 16.7 Å². The summed E-state index contributed by atoms with van der Waals surface area (Å²) in [6, 6.07) is 0. The Morgan fingerprint density at radius 3 is 2.69 bits per heavy atom. The number of alkyl halides is 1. The van der Waals surface area contributed by atoms with Crippen molar-refractivity contribution in [3.8, 4) is 0 Å². The molecule has 0 spiro atoms. The lowest BCUT2D eigenvalue weighted by Gasteiger charge is -2.06. The van der Waals surface area contributed by atoms with Gasteiger partial charge in [-0.05, 0) is 22.4 Å². The first-order valence-corrected chi connectivity index (χ1v) is 6.89. The standard InChI is InChI=1S/C11H13Br2FO2/c1-2-3-4-5-7(14)9-10(13)8(6-12)16-11(9)15/h6-7H,2-5H2,1H3/b8-6-. The summed E-state index contributed by atoms with van der Waals surface area (Å²) in [7, 11) is 0. The minimum Gasteiger partial charge on any atom is -0.421 e. The molecule has 0 aliphatic carbocycles. The van der Waals surface area contributed by atoms with Crippen LogP contribution >= 0.6 is 31.9 Å². The molecule has 0 aromatic heterocycles. The molecule has 0 saturated heterocycles. The third kappa shape index (κ3) is 3.17. The van der Waals surface area contributed by atoms with Crippen LogP contribution in [0.4, 0.5) is 4.39 Å². The maximum atomic E-state index is 13.8.